The summed E-state index contributed by atoms with van der Waals surface area (Å²) in [7, 11) is 1.54. The predicted molar refractivity (Wildman–Crippen MR) is 79.5 cm³/mol. The predicted octanol–water partition coefficient (Wildman–Crippen LogP) is 2.14. The van der Waals surface area contributed by atoms with Gasteiger partial charge in [-0.05, 0) is 44.4 Å². The molecule has 1 atom stereocenters. The molecule has 0 radical (unpaired) electrons. The molecule has 116 valence electrons. The minimum absolute atomic E-state index is 0.00153. The van der Waals surface area contributed by atoms with E-state index in [2.05, 4.69) is 0 Å². The largest absolute Gasteiger partial charge is 0.493 e. The van der Waals surface area contributed by atoms with Crippen molar-refractivity contribution in [1.82, 2.24) is 4.90 Å². The van der Waals surface area contributed by atoms with Gasteiger partial charge in [-0.25, -0.2) is 0 Å². The van der Waals surface area contributed by atoms with Gasteiger partial charge < -0.3 is 19.5 Å². The fourth-order valence-electron chi connectivity index (χ4n) is 2.31. The zero-order valence-corrected chi connectivity index (χ0v) is 12.8. The summed E-state index contributed by atoms with van der Waals surface area (Å²) >= 11 is 0. The molecule has 1 aromatic rings. The Kier molecular flexibility index (Phi) is 5.07. The zero-order valence-electron chi connectivity index (χ0n) is 12.8. The lowest BCUT2D eigenvalue weighted by molar-refractivity contribution is -0.133. The summed E-state index contributed by atoms with van der Waals surface area (Å²) in [4.78, 5) is 14.0. The monoisotopic (exact) mass is 293 g/mol. The van der Waals surface area contributed by atoms with E-state index in [0.717, 1.165) is 18.4 Å². The molecule has 0 aromatic heterocycles. The minimum atomic E-state index is -0.569. The van der Waals surface area contributed by atoms with Gasteiger partial charge in [0.05, 0.1) is 13.2 Å². The normalized spacial score (nSPS) is 15.4. The molecule has 0 unspecified atom stereocenters. The SMILES string of the molecule is CCN(C(=O)COc1ccc([C@H](C)O)cc1OC)C1CC1. The summed E-state index contributed by atoms with van der Waals surface area (Å²) in [6.07, 6.45) is 1.61. The zero-order chi connectivity index (χ0) is 15.4. The molecular formula is C16H23NO4. The molecular weight excluding hydrogens is 270 g/mol. The van der Waals surface area contributed by atoms with Crippen molar-refractivity contribution in [2.75, 3.05) is 20.3 Å². The van der Waals surface area contributed by atoms with E-state index < -0.39 is 6.10 Å². The van der Waals surface area contributed by atoms with Crippen LogP contribution in [0.4, 0.5) is 0 Å². The number of carbonyl (C=O) groups is 1. The van der Waals surface area contributed by atoms with Crippen LogP contribution >= 0.6 is 0 Å². The van der Waals surface area contributed by atoms with Crippen molar-refractivity contribution >= 4 is 5.91 Å². The highest BCUT2D eigenvalue weighted by Gasteiger charge is 2.31. The fourth-order valence-corrected chi connectivity index (χ4v) is 2.31. The summed E-state index contributed by atoms with van der Waals surface area (Å²) in [6, 6.07) is 5.61. The molecule has 1 amide bonds. The van der Waals surface area contributed by atoms with Crippen molar-refractivity contribution in [3.05, 3.63) is 23.8 Å². The van der Waals surface area contributed by atoms with Crippen LogP contribution in [0.1, 0.15) is 38.4 Å². The number of hydrogen-bond donors (Lipinski definition) is 1. The van der Waals surface area contributed by atoms with Crippen molar-refractivity contribution in [2.24, 2.45) is 0 Å². The van der Waals surface area contributed by atoms with E-state index in [0.29, 0.717) is 24.1 Å². The Morgan fingerprint density at radius 2 is 2.14 bits per heavy atom. The second-order valence-electron chi connectivity index (χ2n) is 5.29. The molecule has 0 bridgehead atoms. The Morgan fingerprint density at radius 3 is 2.67 bits per heavy atom. The van der Waals surface area contributed by atoms with Crippen LogP contribution in [0.5, 0.6) is 11.5 Å². The van der Waals surface area contributed by atoms with Crippen molar-refractivity contribution in [3.63, 3.8) is 0 Å². The highest BCUT2D eigenvalue weighted by atomic mass is 16.5. The number of amides is 1. The van der Waals surface area contributed by atoms with Gasteiger partial charge in [-0.2, -0.15) is 0 Å². The average Bonchev–Trinajstić information content (AvgIpc) is 3.30. The third-order valence-electron chi connectivity index (χ3n) is 3.67. The van der Waals surface area contributed by atoms with E-state index in [9.17, 15) is 9.90 Å². The Labute approximate surface area is 125 Å². The molecule has 21 heavy (non-hydrogen) atoms. The van der Waals surface area contributed by atoms with Gasteiger partial charge in [0.15, 0.2) is 18.1 Å². The Hall–Kier alpha value is -1.75. The van der Waals surface area contributed by atoms with Crippen LogP contribution in [0.25, 0.3) is 0 Å². The lowest BCUT2D eigenvalue weighted by atomic mass is 10.1. The van der Waals surface area contributed by atoms with Crippen LogP contribution in [0, 0.1) is 0 Å². The number of likely N-dealkylation sites (N-methyl/N-ethyl adjacent to an activating group) is 1. The summed E-state index contributed by atoms with van der Waals surface area (Å²) in [5.41, 5.74) is 0.749. The van der Waals surface area contributed by atoms with Gasteiger partial charge in [0.2, 0.25) is 0 Å². The van der Waals surface area contributed by atoms with Gasteiger partial charge in [0.25, 0.3) is 5.91 Å². The molecule has 1 fully saturated rings. The molecule has 0 heterocycles. The number of benzene rings is 1. The molecule has 0 saturated heterocycles. The first-order valence-electron chi connectivity index (χ1n) is 7.35. The summed E-state index contributed by atoms with van der Waals surface area (Å²) in [5, 5.41) is 9.57. The Balaban J connectivity index is 2.00. The molecule has 5 nitrogen and oxygen atoms in total. The third-order valence-corrected chi connectivity index (χ3v) is 3.67. The standard InChI is InChI=1S/C16H23NO4/c1-4-17(13-6-7-13)16(19)10-21-14-8-5-12(11(2)18)9-15(14)20-3/h5,8-9,11,13,18H,4,6-7,10H2,1-3H3/t11-/m0/s1. The van der Waals surface area contributed by atoms with E-state index >= 15 is 0 Å². The number of rotatable bonds is 7. The molecule has 1 aliphatic rings. The van der Waals surface area contributed by atoms with Crippen LogP contribution in [-0.4, -0.2) is 42.2 Å². The lowest BCUT2D eigenvalue weighted by Gasteiger charge is -2.21. The first kappa shape index (κ1) is 15.6. The van der Waals surface area contributed by atoms with E-state index in [1.54, 1.807) is 32.2 Å². The summed E-state index contributed by atoms with van der Waals surface area (Å²) < 4.78 is 10.8. The molecule has 2 rings (SSSR count). The lowest BCUT2D eigenvalue weighted by Crippen LogP contribution is -2.36. The number of aliphatic hydroxyl groups excluding tert-OH is 1. The molecule has 1 N–H and O–H groups in total. The second kappa shape index (κ2) is 6.80. The summed E-state index contributed by atoms with van der Waals surface area (Å²) in [5.74, 6) is 1.04. The maximum absolute atomic E-state index is 12.1. The van der Waals surface area contributed by atoms with Gasteiger partial charge in [-0.3, -0.25) is 4.79 Å². The first-order valence-corrected chi connectivity index (χ1v) is 7.35. The van der Waals surface area contributed by atoms with Crippen molar-refractivity contribution in [3.8, 4) is 11.5 Å². The van der Waals surface area contributed by atoms with Gasteiger partial charge in [0, 0.05) is 12.6 Å². The molecule has 1 aromatic carbocycles. The highest BCUT2D eigenvalue weighted by Crippen LogP contribution is 2.31. The number of methoxy groups -OCH3 is 1. The van der Waals surface area contributed by atoms with Crippen molar-refractivity contribution in [2.45, 2.75) is 38.8 Å². The number of ether oxygens (including phenoxy) is 2. The van der Waals surface area contributed by atoms with E-state index in [4.69, 9.17) is 9.47 Å². The van der Waals surface area contributed by atoms with Crippen LogP contribution in [-0.2, 0) is 4.79 Å². The number of carbonyl (C=O) groups excluding carboxylic acids is 1. The molecule has 5 heteroatoms. The first-order chi connectivity index (χ1) is 10.1. The minimum Gasteiger partial charge on any atom is -0.493 e. The van der Waals surface area contributed by atoms with Crippen LogP contribution in [0.15, 0.2) is 18.2 Å². The molecule has 1 aliphatic carbocycles. The van der Waals surface area contributed by atoms with Gasteiger partial charge in [-0.1, -0.05) is 6.07 Å². The smallest absolute Gasteiger partial charge is 0.260 e. The van der Waals surface area contributed by atoms with Gasteiger partial charge in [-0.15, -0.1) is 0 Å². The van der Waals surface area contributed by atoms with Crippen molar-refractivity contribution < 1.29 is 19.4 Å². The second-order valence-corrected chi connectivity index (χ2v) is 5.29. The maximum atomic E-state index is 12.1. The van der Waals surface area contributed by atoms with Crippen LogP contribution < -0.4 is 9.47 Å². The molecule has 1 saturated carbocycles. The Morgan fingerprint density at radius 1 is 1.43 bits per heavy atom. The van der Waals surface area contributed by atoms with E-state index in [-0.39, 0.29) is 12.5 Å². The van der Waals surface area contributed by atoms with Crippen LogP contribution in [0.3, 0.4) is 0 Å². The summed E-state index contributed by atoms with van der Waals surface area (Å²) in [6.45, 7) is 4.39. The number of hydrogen-bond acceptors (Lipinski definition) is 4. The quantitative estimate of drug-likeness (QED) is 0.837. The average molecular weight is 293 g/mol. The number of aliphatic hydroxyl groups is 1. The fraction of sp³-hybridized carbons (Fsp3) is 0.562. The van der Waals surface area contributed by atoms with E-state index in [1.165, 1.54) is 0 Å². The highest BCUT2D eigenvalue weighted by molar-refractivity contribution is 5.78. The molecule has 0 spiro atoms. The van der Waals surface area contributed by atoms with Crippen LogP contribution in [0.2, 0.25) is 0 Å². The number of nitrogens with zero attached hydrogens (tertiary/aromatic N) is 1. The van der Waals surface area contributed by atoms with Crippen molar-refractivity contribution in [1.29, 1.82) is 0 Å². The molecule has 0 aliphatic heterocycles. The maximum Gasteiger partial charge on any atom is 0.260 e. The van der Waals surface area contributed by atoms with Gasteiger partial charge in [0.1, 0.15) is 0 Å². The van der Waals surface area contributed by atoms with Gasteiger partial charge >= 0.3 is 0 Å². The Bertz CT molecular complexity index is 497. The van der Waals surface area contributed by atoms with E-state index in [1.807, 2.05) is 11.8 Å². The third kappa shape index (κ3) is 3.88. The topological polar surface area (TPSA) is 59.0 Å².